The molecule has 14 atom stereocenters. The van der Waals surface area contributed by atoms with Crippen LogP contribution in [0.3, 0.4) is 0 Å². The Kier molecular flexibility index (Phi) is 4.53. The van der Waals surface area contributed by atoms with Crippen LogP contribution >= 0.6 is 0 Å². The lowest BCUT2D eigenvalue weighted by Gasteiger charge is -2.67. The SMILES string of the molecule is C=C1CC23CC4C5[C@@]6(C)C[C@H](OC(=O)c7ccccc7)[C@@H](OC(C)=O)[C@@]57C2[C@H](OC(C)=O)[C@@H]1[C@H](O)[C@H]3[C@H]7N4C6. The lowest BCUT2D eigenvalue weighted by molar-refractivity contribution is -0.254. The Labute approximate surface area is 227 Å². The quantitative estimate of drug-likeness (QED) is 0.358. The standard InChI is InChI=1S/C31H35NO7/c1-14-10-30-11-18-24-29(4)12-19(39-28(36)17-8-6-5-7-9-17)27(38-16(3)34)31(24)25(30)23(37-15(2)33)20(14)22(35)21(30)26(31)32(18)13-29/h5-9,18-27,35H,1,10-13H2,2-4H3/t18?,19-,20-,21-,22-,23+,24?,25?,26+,27+,29-,30?,31+/m0/s1. The number of esters is 3. The number of nitrogens with zero attached hydrogens (tertiary/aromatic N) is 1. The van der Waals surface area contributed by atoms with E-state index in [1.54, 1.807) is 24.3 Å². The van der Waals surface area contributed by atoms with Crippen molar-refractivity contribution >= 4 is 17.9 Å². The van der Waals surface area contributed by atoms with Gasteiger partial charge in [0.05, 0.1) is 11.7 Å². The van der Waals surface area contributed by atoms with Crippen LogP contribution in [-0.2, 0) is 23.8 Å². The highest BCUT2D eigenvalue weighted by molar-refractivity contribution is 5.89. The summed E-state index contributed by atoms with van der Waals surface area (Å²) in [4.78, 5) is 41.2. The maximum absolute atomic E-state index is 13.4. The highest BCUT2D eigenvalue weighted by atomic mass is 16.6. The molecule has 1 aromatic rings. The molecular weight excluding hydrogens is 498 g/mol. The van der Waals surface area contributed by atoms with Crippen molar-refractivity contribution in [2.75, 3.05) is 6.54 Å². The van der Waals surface area contributed by atoms with Gasteiger partial charge in [0.2, 0.25) is 0 Å². The van der Waals surface area contributed by atoms with Crippen molar-refractivity contribution in [3.8, 4) is 0 Å². The predicted molar refractivity (Wildman–Crippen MR) is 137 cm³/mol. The third kappa shape index (κ3) is 2.57. The minimum absolute atomic E-state index is 0.0303. The van der Waals surface area contributed by atoms with E-state index < -0.39 is 41.8 Å². The maximum Gasteiger partial charge on any atom is 0.338 e. The Morgan fingerprint density at radius 3 is 2.44 bits per heavy atom. The summed E-state index contributed by atoms with van der Waals surface area (Å²) in [5.41, 5.74) is 0.361. The van der Waals surface area contributed by atoms with Crippen molar-refractivity contribution in [1.29, 1.82) is 0 Å². The topological polar surface area (TPSA) is 102 Å². The van der Waals surface area contributed by atoms with Gasteiger partial charge in [0.1, 0.15) is 18.3 Å². The zero-order chi connectivity index (χ0) is 27.2. The van der Waals surface area contributed by atoms with E-state index in [2.05, 4.69) is 18.4 Å². The summed E-state index contributed by atoms with van der Waals surface area (Å²) in [5.74, 6) is -1.54. The van der Waals surface area contributed by atoms with Crippen LogP contribution in [0.5, 0.6) is 0 Å². The van der Waals surface area contributed by atoms with Crippen molar-refractivity contribution in [2.45, 2.75) is 76.5 Å². The Morgan fingerprint density at radius 2 is 1.74 bits per heavy atom. The minimum Gasteiger partial charge on any atom is -0.461 e. The van der Waals surface area contributed by atoms with E-state index >= 15 is 0 Å². The van der Waals surface area contributed by atoms with Crippen LogP contribution in [0.1, 0.15) is 50.4 Å². The number of hydrogen-bond acceptors (Lipinski definition) is 8. The molecule has 1 aromatic carbocycles. The summed E-state index contributed by atoms with van der Waals surface area (Å²) in [6.45, 7) is 10.3. The van der Waals surface area contributed by atoms with Gasteiger partial charge in [-0.2, -0.15) is 0 Å². The molecule has 0 amide bonds. The number of hydrogen-bond donors (Lipinski definition) is 1. The molecule has 0 aromatic heterocycles. The van der Waals surface area contributed by atoms with Gasteiger partial charge >= 0.3 is 17.9 Å². The number of rotatable bonds is 4. The molecule has 9 aliphatic rings. The zero-order valence-electron chi connectivity index (χ0n) is 22.5. The summed E-state index contributed by atoms with van der Waals surface area (Å²) in [5, 5.41) is 11.9. The van der Waals surface area contributed by atoms with Crippen LogP contribution in [0, 0.1) is 39.9 Å². The summed E-state index contributed by atoms with van der Waals surface area (Å²) in [6.07, 6.45) is -0.268. The van der Waals surface area contributed by atoms with Crippen molar-refractivity contribution in [3.63, 3.8) is 0 Å². The fourth-order valence-corrected chi connectivity index (χ4v) is 12.1. The van der Waals surface area contributed by atoms with Crippen molar-refractivity contribution < 1.29 is 33.7 Å². The number of fused-ring (bicyclic) bond motifs is 1. The Bertz CT molecular complexity index is 1330. The van der Waals surface area contributed by atoms with E-state index in [-0.39, 0.29) is 46.5 Å². The second-order valence-corrected chi connectivity index (χ2v) is 13.7. The fraction of sp³-hybridized carbons (Fsp3) is 0.645. The molecule has 39 heavy (non-hydrogen) atoms. The molecule has 0 radical (unpaired) electrons. The van der Waals surface area contributed by atoms with E-state index in [1.807, 2.05) is 6.07 Å². The Hall–Kier alpha value is -2.71. The van der Waals surface area contributed by atoms with Crippen LogP contribution in [0.4, 0.5) is 0 Å². The van der Waals surface area contributed by atoms with Gasteiger partial charge in [-0.05, 0) is 48.1 Å². The number of aliphatic hydroxyl groups excluding tert-OH is 1. The molecule has 8 heteroatoms. The average Bonchev–Trinajstić information content (AvgIpc) is 3.30. The second-order valence-electron chi connectivity index (χ2n) is 13.7. The van der Waals surface area contributed by atoms with Gasteiger partial charge in [-0.1, -0.05) is 37.3 Å². The van der Waals surface area contributed by atoms with E-state index in [1.165, 1.54) is 13.8 Å². The first-order valence-electron chi connectivity index (χ1n) is 14.3. The Morgan fingerprint density at radius 1 is 1.03 bits per heavy atom. The number of benzene rings is 1. The lowest BCUT2D eigenvalue weighted by Crippen LogP contribution is -2.71. The van der Waals surface area contributed by atoms with Gasteiger partial charge in [0.25, 0.3) is 0 Å². The summed E-state index contributed by atoms with van der Waals surface area (Å²) in [6, 6.07) is 9.17. The second kappa shape index (κ2) is 7.32. The van der Waals surface area contributed by atoms with Gasteiger partial charge in [-0.15, -0.1) is 0 Å². The predicted octanol–water partition coefficient (Wildman–Crippen LogP) is 2.74. The highest BCUT2D eigenvalue weighted by Crippen LogP contribution is 2.87. The maximum atomic E-state index is 13.4. The van der Waals surface area contributed by atoms with Crippen molar-refractivity contribution in [2.24, 2.45) is 39.9 Å². The zero-order valence-corrected chi connectivity index (χ0v) is 22.5. The fourth-order valence-electron chi connectivity index (χ4n) is 12.1. The molecule has 3 aliphatic heterocycles. The van der Waals surface area contributed by atoms with E-state index in [0.29, 0.717) is 18.0 Å². The molecule has 3 heterocycles. The molecule has 6 saturated carbocycles. The van der Waals surface area contributed by atoms with Crippen LogP contribution in [0.15, 0.2) is 42.5 Å². The third-order valence-corrected chi connectivity index (χ3v) is 12.1. The average molecular weight is 534 g/mol. The molecule has 9 bridgehead atoms. The smallest absolute Gasteiger partial charge is 0.338 e. The molecule has 6 aliphatic carbocycles. The van der Waals surface area contributed by atoms with Crippen LogP contribution in [0.2, 0.25) is 0 Å². The summed E-state index contributed by atoms with van der Waals surface area (Å²) < 4.78 is 18.7. The van der Waals surface area contributed by atoms with E-state index in [9.17, 15) is 19.5 Å². The molecule has 2 spiro atoms. The lowest BCUT2D eigenvalue weighted by atomic mass is 9.39. The van der Waals surface area contributed by atoms with Gasteiger partial charge in [0.15, 0.2) is 0 Å². The highest BCUT2D eigenvalue weighted by Gasteiger charge is 2.93. The van der Waals surface area contributed by atoms with E-state index in [4.69, 9.17) is 14.2 Å². The number of carbonyl (C=O) groups excluding carboxylic acids is 3. The number of aliphatic hydroxyl groups is 1. The molecule has 9 fully saturated rings. The molecular formula is C31H35NO7. The van der Waals surface area contributed by atoms with Gasteiger partial charge in [-0.3, -0.25) is 14.5 Å². The summed E-state index contributed by atoms with van der Waals surface area (Å²) in [7, 11) is 0. The molecule has 206 valence electrons. The number of ether oxygens (including phenoxy) is 3. The third-order valence-electron chi connectivity index (χ3n) is 12.1. The monoisotopic (exact) mass is 533 g/mol. The van der Waals surface area contributed by atoms with Gasteiger partial charge in [-0.25, -0.2) is 4.79 Å². The molecule has 8 nitrogen and oxygen atoms in total. The molecule has 3 saturated heterocycles. The van der Waals surface area contributed by atoms with Gasteiger partial charge < -0.3 is 19.3 Å². The van der Waals surface area contributed by atoms with Crippen LogP contribution in [-0.4, -0.2) is 71.0 Å². The number of piperidine rings is 2. The summed E-state index contributed by atoms with van der Waals surface area (Å²) >= 11 is 0. The Balaban J connectivity index is 1.32. The van der Waals surface area contributed by atoms with Crippen LogP contribution in [0.25, 0.3) is 0 Å². The molecule has 5 unspecified atom stereocenters. The van der Waals surface area contributed by atoms with Gasteiger partial charge in [0, 0.05) is 55.6 Å². The van der Waals surface area contributed by atoms with E-state index in [0.717, 1.165) is 25.0 Å². The molecule has 1 N–H and O–H groups in total. The normalized spacial score (nSPS) is 52.6. The first kappa shape index (κ1) is 24.1. The van der Waals surface area contributed by atoms with Crippen molar-refractivity contribution in [1.82, 2.24) is 4.90 Å². The number of carbonyl (C=O) groups is 3. The van der Waals surface area contributed by atoms with Crippen molar-refractivity contribution in [3.05, 3.63) is 48.0 Å². The van der Waals surface area contributed by atoms with Crippen LogP contribution < -0.4 is 0 Å². The minimum atomic E-state index is -0.691. The largest absolute Gasteiger partial charge is 0.461 e. The first-order chi connectivity index (χ1) is 18.5. The first-order valence-corrected chi connectivity index (χ1v) is 14.3. The molecule has 10 rings (SSSR count).